The van der Waals surface area contributed by atoms with Crippen molar-refractivity contribution in [3.05, 3.63) is 48.6 Å². The zero-order valence-corrected chi connectivity index (χ0v) is 53.2. The molecule has 0 fully saturated rings. The van der Waals surface area contributed by atoms with Gasteiger partial charge in [0, 0.05) is 19.3 Å². The summed E-state index contributed by atoms with van der Waals surface area (Å²) in [6.07, 6.45) is 85.6. The van der Waals surface area contributed by atoms with Gasteiger partial charge >= 0.3 is 17.9 Å². The zero-order valence-electron chi connectivity index (χ0n) is 53.2. The smallest absolute Gasteiger partial charge is 0.306 e. The van der Waals surface area contributed by atoms with Crippen molar-refractivity contribution in [2.45, 2.75) is 386 Å². The van der Waals surface area contributed by atoms with Crippen molar-refractivity contribution in [3.63, 3.8) is 0 Å². The third-order valence-electron chi connectivity index (χ3n) is 15.8. The molecule has 6 nitrogen and oxygen atoms in total. The molecule has 0 N–H and O–H groups in total. The molecule has 0 aromatic carbocycles. The molecule has 0 spiro atoms. The summed E-state index contributed by atoms with van der Waals surface area (Å²) < 4.78 is 17.0. The van der Waals surface area contributed by atoms with Gasteiger partial charge in [0.2, 0.25) is 0 Å². The fraction of sp³-hybridized carbons (Fsp3) is 0.849. The number of allylic oxidation sites excluding steroid dienone is 8. The van der Waals surface area contributed by atoms with Crippen molar-refractivity contribution in [3.8, 4) is 0 Å². The van der Waals surface area contributed by atoms with Gasteiger partial charge in [0.15, 0.2) is 6.10 Å². The van der Waals surface area contributed by atoms with Gasteiger partial charge in [-0.25, -0.2) is 0 Å². The highest BCUT2D eigenvalue weighted by Crippen LogP contribution is 2.19. The second kappa shape index (κ2) is 67.9. The van der Waals surface area contributed by atoms with Crippen LogP contribution < -0.4 is 0 Å². The Hall–Kier alpha value is -2.63. The maximum absolute atomic E-state index is 13.0. The topological polar surface area (TPSA) is 78.9 Å². The van der Waals surface area contributed by atoms with Gasteiger partial charge in [0.1, 0.15) is 13.2 Å². The largest absolute Gasteiger partial charge is 0.462 e. The number of rotatable bonds is 65. The number of hydrogen-bond donors (Lipinski definition) is 0. The Morgan fingerprint density at radius 2 is 0.494 bits per heavy atom. The van der Waals surface area contributed by atoms with Crippen LogP contribution in [0.25, 0.3) is 0 Å². The van der Waals surface area contributed by atoms with E-state index in [0.717, 1.165) is 83.5 Å². The molecule has 0 radical (unpaired) electrons. The minimum Gasteiger partial charge on any atom is -0.462 e. The molecule has 0 saturated carbocycles. The Bertz CT molecular complexity index is 1360. The van der Waals surface area contributed by atoms with Crippen molar-refractivity contribution in [1.82, 2.24) is 0 Å². The van der Waals surface area contributed by atoms with Crippen LogP contribution >= 0.6 is 0 Å². The Morgan fingerprint density at radius 3 is 0.772 bits per heavy atom. The lowest BCUT2D eigenvalue weighted by atomic mass is 10.0. The van der Waals surface area contributed by atoms with E-state index in [0.29, 0.717) is 19.3 Å². The number of hydrogen-bond acceptors (Lipinski definition) is 6. The first-order chi connectivity index (χ1) is 39.0. The summed E-state index contributed by atoms with van der Waals surface area (Å²) in [7, 11) is 0. The first-order valence-corrected chi connectivity index (χ1v) is 35.1. The normalized spacial score (nSPS) is 12.3. The average molecular weight is 1110 g/mol. The molecule has 0 heterocycles. The molecule has 0 aromatic heterocycles. The summed E-state index contributed by atoms with van der Waals surface area (Å²) in [6, 6.07) is 0. The van der Waals surface area contributed by atoms with Crippen molar-refractivity contribution in [2.75, 3.05) is 13.2 Å². The molecule has 0 saturated heterocycles. The van der Waals surface area contributed by atoms with E-state index in [-0.39, 0.29) is 31.1 Å². The standard InChI is InChI=1S/C73H134O6/c1-4-7-10-13-16-19-22-25-28-31-33-35-36-37-38-39-41-42-45-48-51-54-57-60-63-66-72(75)78-69-70(68-77-71(74)65-62-59-56-53-50-47-44-30-27-24-21-18-15-12-9-6-3)79-73(76)67-64-61-58-55-52-49-46-43-40-34-32-29-26-23-20-17-14-11-8-5-2/h7,10,16,19,25,28,33,35,70H,4-6,8-9,11-15,17-18,20-24,26-27,29-32,34,36-69H2,1-3H3/b10-7-,19-16-,28-25-,35-33-. The first-order valence-electron chi connectivity index (χ1n) is 35.1. The Morgan fingerprint density at radius 1 is 0.266 bits per heavy atom. The SMILES string of the molecule is CC/C=C\C/C=C\C/C=C\C/C=C\CCCCCCCCCCCCCCC(=O)OCC(COC(=O)CCCCCCCCCCCCCCCCCC)OC(=O)CCCCCCCCCCCCCCCCCCCCCC. The molecule has 79 heavy (non-hydrogen) atoms. The lowest BCUT2D eigenvalue weighted by Gasteiger charge is -2.18. The van der Waals surface area contributed by atoms with E-state index in [4.69, 9.17) is 14.2 Å². The molecule has 0 aliphatic carbocycles. The summed E-state index contributed by atoms with van der Waals surface area (Å²) >= 11 is 0. The van der Waals surface area contributed by atoms with Gasteiger partial charge in [0.25, 0.3) is 0 Å². The molecular formula is C73H134O6. The van der Waals surface area contributed by atoms with E-state index in [1.807, 2.05) is 0 Å². The highest BCUT2D eigenvalue weighted by atomic mass is 16.6. The zero-order chi connectivity index (χ0) is 57.1. The van der Waals surface area contributed by atoms with Gasteiger partial charge in [-0.2, -0.15) is 0 Å². The Kier molecular flexibility index (Phi) is 65.6. The number of ether oxygens (including phenoxy) is 3. The van der Waals surface area contributed by atoms with Gasteiger partial charge in [-0.1, -0.05) is 352 Å². The quantitative estimate of drug-likeness (QED) is 0.0261. The van der Waals surface area contributed by atoms with Gasteiger partial charge < -0.3 is 14.2 Å². The van der Waals surface area contributed by atoms with Crippen LogP contribution in [0.1, 0.15) is 380 Å². The summed E-state index contributed by atoms with van der Waals surface area (Å²) in [5.41, 5.74) is 0. The van der Waals surface area contributed by atoms with Gasteiger partial charge in [0.05, 0.1) is 0 Å². The molecule has 1 atom stereocenters. The second-order valence-corrected chi connectivity index (χ2v) is 23.8. The number of carbonyl (C=O) groups excluding carboxylic acids is 3. The summed E-state index contributed by atoms with van der Waals surface area (Å²) in [6.45, 7) is 6.61. The maximum atomic E-state index is 13.0. The van der Waals surface area contributed by atoms with Crippen LogP contribution in [0.5, 0.6) is 0 Å². The van der Waals surface area contributed by atoms with Gasteiger partial charge in [-0.3, -0.25) is 14.4 Å². The molecule has 1 unspecified atom stereocenters. The van der Waals surface area contributed by atoms with E-state index in [9.17, 15) is 14.4 Å². The number of esters is 3. The van der Waals surface area contributed by atoms with E-state index in [2.05, 4.69) is 69.4 Å². The number of carbonyl (C=O) groups is 3. The lowest BCUT2D eigenvalue weighted by molar-refractivity contribution is -0.167. The highest BCUT2D eigenvalue weighted by molar-refractivity contribution is 5.71. The molecule has 0 bridgehead atoms. The average Bonchev–Trinajstić information content (AvgIpc) is 3.45. The van der Waals surface area contributed by atoms with Crippen LogP contribution in [0.3, 0.4) is 0 Å². The maximum Gasteiger partial charge on any atom is 0.306 e. The number of unbranched alkanes of at least 4 members (excludes halogenated alkanes) is 46. The van der Waals surface area contributed by atoms with Crippen molar-refractivity contribution < 1.29 is 28.6 Å². The molecule has 462 valence electrons. The predicted molar refractivity (Wildman–Crippen MR) is 344 cm³/mol. The van der Waals surface area contributed by atoms with Crippen LogP contribution in [0.4, 0.5) is 0 Å². The van der Waals surface area contributed by atoms with E-state index in [1.165, 1.54) is 257 Å². The summed E-state index contributed by atoms with van der Waals surface area (Å²) in [5.74, 6) is -0.838. The van der Waals surface area contributed by atoms with E-state index < -0.39 is 6.10 Å². The van der Waals surface area contributed by atoms with Crippen LogP contribution in [0, 0.1) is 0 Å². The Labute approximate surface area is 492 Å². The van der Waals surface area contributed by atoms with Crippen molar-refractivity contribution in [1.29, 1.82) is 0 Å². The van der Waals surface area contributed by atoms with E-state index >= 15 is 0 Å². The van der Waals surface area contributed by atoms with E-state index in [1.54, 1.807) is 0 Å². The van der Waals surface area contributed by atoms with Crippen LogP contribution in [0.2, 0.25) is 0 Å². The molecule has 6 heteroatoms. The molecular weight excluding hydrogens is 973 g/mol. The van der Waals surface area contributed by atoms with Crippen LogP contribution in [0.15, 0.2) is 48.6 Å². The molecule has 0 amide bonds. The van der Waals surface area contributed by atoms with Crippen LogP contribution in [-0.4, -0.2) is 37.2 Å². The molecule has 0 aromatic rings. The highest BCUT2D eigenvalue weighted by Gasteiger charge is 2.19. The molecule has 0 aliphatic rings. The monoisotopic (exact) mass is 1110 g/mol. The second-order valence-electron chi connectivity index (χ2n) is 23.8. The summed E-state index contributed by atoms with van der Waals surface area (Å²) in [4.78, 5) is 38.5. The van der Waals surface area contributed by atoms with Gasteiger partial charge in [-0.05, 0) is 57.8 Å². The van der Waals surface area contributed by atoms with Crippen molar-refractivity contribution in [2.24, 2.45) is 0 Å². The molecule has 0 rings (SSSR count). The fourth-order valence-electron chi connectivity index (χ4n) is 10.6. The fourth-order valence-corrected chi connectivity index (χ4v) is 10.6. The lowest BCUT2D eigenvalue weighted by Crippen LogP contribution is -2.30. The summed E-state index contributed by atoms with van der Waals surface area (Å²) in [5, 5.41) is 0. The minimum absolute atomic E-state index is 0.0668. The van der Waals surface area contributed by atoms with Crippen LogP contribution in [-0.2, 0) is 28.6 Å². The minimum atomic E-state index is -0.771. The third-order valence-corrected chi connectivity index (χ3v) is 15.8. The molecule has 0 aliphatic heterocycles. The van der Waals surface area contributed by atoms with Gasteiger partial charge in [-0.15, -0.1) is 0 Å². The third kappa shape index (κ3) is 66.1. The predicted octanol–water partition coefficient (Wildman–Crippen LogP) is 24.1. The Balaban J connectivity index is 4.28. The van der Waals surface area contributed by atoms with Crippen molar-refractivity contribution >= 4 is 17.9 Å². The first kappa shape index (κ1) is 76.4.